The molecule has 0 aromatic carbocycles. The highest BCUT2D eigenvalue weighted by atomic mass is 16.5. The third-order valence-electron chi connectivity index (χ3n) is 0.822. The Bertz CT molecular complexity index is 58.6. The van der Waals surface area contributed by atoms with Gasteiger partial charge in [0.05, 0.1) is 5.76 Å². The fourth-order valence-electron chi connectivity index (χ4n) is 0.355. The first-order chi connectivity index (χ1) is 3.35. The fourth-order valence-corrected chi connectivity index (χ4v) is 0.355. The summed E-state index contributed by atoms with van der Waals surface area (Å²) in [5, 5.41) is 0. The van der Waals surface area contributed by atoms with Crippen molar-refractivity contribution >= 4 is 0 Å². The molecule has 0 aliphatic rings. The van der Waals surface area contributed by atoms with Crippen LogP contribution in [0.5, 0.6) is 0 Å². The summed E-state index contributed by atoms with van der Waals surface area (Å²) in [4.78, 5) is 0. The van der Waals surface area contributed by atoms with Crippen molar-refractivity contribution in [3.8, 4) is 0 Å². The third-order valence-corrected chi connectivity index (χ3v) is 0.822. The highest BCUT2D eigenvalue weighted by molar-refractivity contribution is 4.88. The largest absolute Gasteiger partial charge is 0.487 e. The minimum absolute atomic E-state index is 0.833. The molecule has 0 saturated carbocycles. The molecule has 0 aromatic heterocycles. The lowest BCUT2D eigenvalue weighted by Gasteiger charge is -1.96. The van der Waals surface area contributed by atoms with Gasteiger partial charge < -0.3 is 4.74 Å². The SMILES string of the molecule is [CH]O/C(=C/C)CC. The summed E-state index contributed by atoms with van der Waals surface area (Å²) >= 11 is 0. The van der Waals surface area contributed by atoms with E-state index < -0.39 is 0 Å². The molecule has 2 radical (unpaired) electrons. The quantitative estimate of drug-likeness (QED) is 0.480. The number of allylic oxidation sites excluding steroid dienone is 2. The first kappa shape index (κ1) is 6.54. The van der Waals surface area contributed by atoms with Crippen molar-refractivity contribution in [2.45, 2.75) is 20.3 Å². The van der Waals surface area contributed by atoms with Crippen LogP contribution in [0.25, 0.3) is 0 Å². The normalized spacial score (nSPS) is 11.6. The Morgan fingerprint density at radius 2 is 2.43 bits per heavy atom. The van der Waals surface area contributed by atoms with Crippen LogP contribution in [-0.4, -0.2) is 0 Å². The topological polar surface area (TPSA) is 9.23 Å². The van der Waals surface area contributed by atoms with E-state index in [1.54, 1.807) is 0 Å². The lowest BCUT2D eigenvalue weighted by atomic mass is 10.4. The highest BCUT2D eigenvalue weighted by Gasteiger charge is 1.83. The smallest absolute Gasteiger partial charge is 0.179 e. The van der Waals surface area contributed by atoms with Gasteiger partial charge in [-0.2, -0.15) is 0 Å². The van der Waals surface area contributed by atoms with Crippen molar-refractivity contribution < 1.29 is 4.74 Å². The zero-order valence-electron chi connectivity index (χ0n) is 4.77. The van der Waals surface area contributed by atoms with Crippen LogP contribution in [0.4, 0.5) is 0 Å². The molecule has 0 unspecified atom stereocenters. The lowest BCUT2D eigenvalue weighted by molar-refractivity contribution is 0.329. The maximum Gasteiger partial charge on any atom is 0.179 e. The summed E-state index contributed by atoms with van der Waals surface area (Å²) in [6, 6.07) is 0. The molecule has 0 heterocycles. The monoisotopic (exact) mass is 98.1 g/mol. The van der Waals surface area contributed by atoms with Gasteiger partial charge in [0.2, 0.25) is 0 Å². The number of hydrogen-bond acceptors (Lipinski definition) is 1. The van der Waals surface area contributed by atoms with E-state index in [4.69, 9.17) is 7.11 Å². The van der Waals surface area contributed by atoms with Crippen LogP contribution < -0.4 is 0 Å². The molecule has 7 heavy (non-hydrogen) atoms. The van der Waals surface area contributed by atoms with Gasteiger partial charge in [0.15, 0.2) is 7.11 Å². The highest BCUT2D eigenvalue weighted by Crippen LogP contribution is 1.98. The number of ether oxygens (including phenoxy) is 1. The molecule has 0 aliphatic heterocycles. The Kier molecular flexibility index (Phi) is 3.48. The van der Waals surface area contributed by atoms with Gasteiger partial charge in [0.25, 0.3) is 0 Å². The van der Waals surface area contributed by atoms with Crippen molar-refractivity contribution in [1.82, 2.24) is 0 Å². The molecule has 0 rings (SSSR count). The molecule has 0 atom stereocenters. The molecule has 1 nitrogen and oxygen atoms in total. The Morgan fingerprint density at radius 1 is 1.86 bits per heavy atom. The Hall–Kier alpha value is -0.460. The second-order valence-corrected chi connectivity index (χ2v) is 1.23. The van der Waals surface area contributed by atoms with Gasteiger partial charge >= 0.3 is 0 Å². The average Bonchev–Trinajstić information content (AvgIpc) is 1.72. The predicted molar refractivity (Wildman–Crippen MR) is 29.4 cm³/mol. The minimum Gasteiger partial charge on any atom is -0.487 e. The zero-order valence-corrected chi connectivity index (χ0v) is 4.77. The summed E-state index contributed by atoms with van der Waals surface area (Å²) in [5.74, 6) is 0.833. The summed E-state index contributed by atoms with van der Waals surface area (Å²) in [7, 11) is 4.83. The molecule has 0 aliphatic carbocycles. The van der Waals surface area contributed by atoms with E-state index >= 15 is 0 Å². The molecule has 0 amide bonds. The van der Waals surface area contributed by atoms with E-state index in [1.807, 2.05) is 19.9 Å². The van der Waals surface area contributed by atoms with Gasteiger partial charge in [-0.3, -0.25) is 0 Å². The lowest BCUT2D eigenvalue weighted by Crippen LogP contribution is -1.77. The van der Waals surface area contributed by atoms with Crippen molar-refractivity contribution in [3.05, 3.63) is 18.9 Å². The van der Waals surface area contributed by atoms with Crippen LogP contribution in [-0.2, 0) is 4.74 Å². The Balaban J connectivity index is 3.38. The third kappa shape index (κ3) is 2.26. The molecule has 1 heteroatoms. The van der Waals surface area contributed by atoms with Crippen LogP contribution in [0.15, 0.2) is 11.8 Å². The van der Waals surface area contributed by atoms with Gasteiger partial charge in [0, 0.05) is 6.42 Å². The molecule has 0 N–H and O–H groups in total. The molecular weight excluding hydrogens is 88.1 g/mol. The second kappa shape index (κ2) is 3.72. The maximum atomic E-state index is 4.83. The number of rotatable bonds is 2. The van der Waals surface area contributed by atoms with Crippen LogP contribution in [0, 0.1) is 7.11 Å². The Labute approximate surface area is 45.0 Å². The van der Waals surface area contributed by atoms with Gasteiger partial charge in [-0.15, -0.1) is 0 Å². The minimum atomic E-state index is 0.833. The first-order valence-electron chi connectivity index (χ1n) is 2.37. The average molecular weight is 98.1 g/mol. The zero-order chi connectivity index (χ0) is 5.70. The van der Waals surface area contributed by atoms with Crippen LogP contribution in [0.3, 0.4) is 0 Å². The number of hydrogen-bond donors (Lipinski definition) is 0. The van der Waals surface area contributed by atoms with E-state index in [2.05, 4.69) is 4.74 Å². The van der Waals surface area contributed by atoms with E-state index in [0.29, 0.717) is 0 Å². The molecule has 0 fully saturated rings. The fraction of sp³-hybridized carbons (Fsp3) is 0.500. The van der Waals surface area contributed by atoms with E-state index in [-0.39, 0.29) is 0 Å². The van der Waals surface area contributed by atoms with Crippen LogP contribution in [0.1, 0.15) is 20.3 Å². The molecule has 0 spiro atoms. The standard InChI is InChI=1S/C6H10O/c1-4-6(5-2)7-3/h3-4H,5H2,1-2H3/b6-4+. The van der Waals surface area contributed by atoms with Crippen LogP contribution in [0.2, 0.25) is 0 Å². The van der Waals surface area contributed by atoms with Crippen molar-refractivity contribution in [1.29, 1.82) is 0 Å². The second-order valence-electron chi connectivity index (χ2n) is 1.23. The van der Waals surface area contributed by atoms with E-state index in [1.165, 1.54) is 0 Å². The van der Waals surface area contributed by atoms with Crippen molar-refractivity contribution in [2.24, 2.45) is 0 Å². The maximum absolute atomic E-state index is 4.83. The van der Waals surface area contributed by atoms with Gasteiger partial charge in [0.1, 0.15) is 0 Å². The van der Waals surface area contributed by atoms with Gasteiger partial charge in [-0.25, -0.2) is 0 Å². The predicted octanol–water partition coefficient (Wildman–Crippen LogP) is 1.99. The Morgan fingerprint density at radius 3 is 2.43 bits per heavy atom. The molecule has 0 saturated heterocycles. The van der Waals surface area contributed by atoms with Gasteiger partial charge in [-0.05, 0) is 13.0 Å². The van der Waals surface area contributed by atoms with E-state index in [9.17, 15) is 0 Å². The van der Waals surface area contributed by atoms with Crippen LogP contribution >= 0.6 is 0 Å². The summed E-state index contributed by atoms with van der Waals surface area (Å²) in [6.07, 6.45) is 2.72. The first-order valence-corrected chi connectivity index (χ1v) is 2.37. The molecular formula is C6H10O. The molecule has 0 aromatic rings. The molecule has 40 valence electrons. The summed E-state index contributed by atoms with van der Waals surface area (Å²) in [6.45, 7) is 3.88. The summed E-state index contributed by atoms with van der Waals surface area (Å²) in [5.41, 5.74) is 0. The van der Waals surface area contributed by atoms with Crippen molar-refractivity contribution in [3.63, 3.8) is 0 Å². The van der Waals surface area contributed by atoms with Gasteiger partial charge in [-0.1, -0.05) is 6.92 Å². The summed E-state index contributed by atoms with van der Waals surface area (Å²) < 4.78 is 4.41. The van der Waals surface area contributed by atoms with Crippen molar-refractivity contribution in [2.75, 3.05) is 0 Å². The van der Waals surface area contributed by atoms with E-state index in [0.717, 1.165) is 12.2 Å². The molecule has 0 bridgehead atoms.